The van der Waals surface area contributed by atoms with E-state index in [1.54, 1.807) is 24.3 Å². The van der Waals surface area contributed by atoms with E-state index in [4.69, 9.17) is 11.6 Å². The van der Waals surface area contributed by atoms with Crippen LogP contribution >= 0.6 is 11.6 Å². The van der Waals surface area contributed by atoms with Crippen molar-refractivity contribution in [3.63, 3.8) is 0 Å². The third kappa shape index (κ3) is 5.43. The van der Waals surface area contributed by atoms with Gasteiger partial charge in [0.15, 0.2) is 5.78 Å². The fourth-order valence-corrected chi connectivity index (χ4v) is 1.63. The van der Waals surface area contributed by atoms with Crippen LogP contribution in [0.5, 0.6) is 0 Å². The van der Waals surface area contributed by atoms with E-state index in [-0.39, 0.29) is 30.6 Å². The molecule has 0 aromatic heterocycles. The van der Waals surface area contributed by atoms with Gasteiger partial charge in [-0.05, 0) is 37.1 Å². The molecule has 1 N–H and O–H groups in total. The molecule has 1 aromatic rings. The molecule has 19 heavy (non-hydrogen) atoms. The largest absolute Gasteiger partial charge is 0.353 e. The number of rotatable bonds is 6. The van der Waals surface area contributed by atoms with E-state index in [1.807, 2.05) is 20.8 Å². The molecule has 0 spiro atoms. The van der Waals surface area contributed by atoms with Crippen LogP contribution in [0.4, 0.5) is 0 Å². The van der Waals surface area contributed by atoms with Crippen LogP contribution in [-0.2, 0) is 4.79 Å². The van der Waals surface area contributed by atoms with E-state index in [1.165, 1.54) is 0 Å². The number of carbonyl (C=O) groups is 2. The van der Waals surface area contributed by atoms with Gasteiger partial charge in [-0.15, -0.1) is 0 Å². The Morgan fingerprint density at radius 1 is 1.11 bits per heavy atom. The summed E-state index contributed by atoms with van der Waals surface area (Å²) < 4.78 is 0. The maximum absolute atomic E-state index is 11.9. The Balaban J connectivity index is 2.42. The zero-order valence-corrected chi connectivity index (χ0v) is 12.3. The van der Waals surface area contributed by atoms with E-state index in [0.717, 1.165) is 0 Å². The van der Waals surface area contributed by atoms with Crippen molar-refractivity contribution in [3.8, 4) is 0 Å². The number of benzene rings is 1. The summed E-state index contributed by atoms with van der Waals surface area (Å²) in [5.74, 6) is 0.267. The standard InChI is InChI=1S/C15H20ClNO2/c1-10(2)11(3)17-15(19)9-8-14(18)12-4-6-13(16)7-5-12/h4-7,10-11H,8-9H2,1-3H3,(H,17,19). The summed E-state index contributed by atoms with van der Waals surface area (Å²) in [7, 11) is 0. The molecule has 0 aliphatic carbocycles. The first kappa shape index (κ1) is 15.7. The van der Waals surface area contributed by atoms with Gasteiger partial charge in [-0.25, -0.2) is 0 Å². The number of ketones is 1. The highest BCUT2D eigenvalue weighted by atomic mass is 35.5. The highest BCUT2D eigenvalue weighted by Crippen LogP contribution is 2.12. The molecule has 0 bridgehead atoms. The fraction of sp³-hybridized carbons (Fsp3) is 0.467. The Morgan fingerprint density at radius 2 is 1.68 bits per heavy atom. The van der Waals surface area contributed by atoms with Gasteiger partial charge in [-0.3, -0.25) is 9.59 Å². The highest BCUT2D eigenvalue weighted by Gasteiger charge is 2.13. The third-order valence-corrected chi connectivity index (χ3v) is 3.39. The lowest BCUT2D eigenvalue weighted by atomic mass is 10.0. The van der Waals surface area contributed by atoms with Crippen LogP contribution in [0.25, 0.3) is 0 Å². The first-order chi connectivity index (χ1) is 8.90. The fourth-order valence-electron chi connectivity index (χ4n) is 1.50. The maximum Gasteiger partial charge on any atom is 0.220 e. The number of hydrogen-bond donors (Lipinski definition) is 1. The van der Waals surface area contributed by atoms with Crippen molar-refractivity contribution in [3.05, 3.63) is 34.9 Å². The molecular weight excluding hydrogens is 262 g/mol. The van der Waals surface area contributed by atoms with E-state index < -0.39 is 0 Å². The zero-order chi connectivity index (χ0) is 14.4. The molecule has 1 rings (SSSR count). The molecule has 1 unspecified atom stereocenters. The topological polar surface area (TPSA) is 46.2 Å². The van der Waals surface area contributed by atoms with Gasteiger partial charge in [-0.2, -0.15) is 0 Å². The average molecular weight is 282 g/mol. The van der Waals surface area contributed by atoms with Crippen LogP contribution in [0.2, 0.25) is 5.02 Å². The Hall–Kier alpha value is -1.35. The molecule has 0 fully saturated rings. The lowest BCUT2D eigenvalue weighted by Crippen LogP contribution is -2.36. The van der Waals surface area contributed by atoms with Crippen molar-refractivity contribution in [1.29, 1.82) is 0 Å². The van der Waals surface area contributed by atoms with E-state index >= 15 is 0 Å². The molecule has 104 valence electrons. The Morgan fingerprint density at radius 3 is 2.21 bits per heavy atom. The van der Waals surface area contributed by atoms with Crippen molar-refractivity contribution in [2.24, 2.45) is 5.92 Å². The molecule has 4 heteroatoms. The van der Waals surface area contributed by atoms with Crippen LogP contribution in [0.3, 0.4) is 0 Å². The molecule has 0 saturated carbocycles. The molecule has 1 atom stereocenters. The Bertz CT molecular complexity index is 440. The number of amides is 1. The quantitative estimate of drug-likeness (QED) is 0.812. The van der Waals surface area contributed by atoms with Crippen LogP contribution in [0.15, 0.2) is 24.3 Å². The first-order valence-electron chi connectivity index (χ1n) is 6.48. The SMILES string of the molecule is CC(C)C(C)NC(=O)CCC(=O)c1ccc(Cl)cc1. The molecule has 3 nitrogen and oxygen atoms in total. The van der Waals surface area contributed by atoms with E-state index in [0.29, 0.717) is 16.5 Å². The van der Waals surface area contributed by atoms with Gasteiger partial charge in [0.25, 0.3) is 0 Å². The number of hydrogen-bond acceptors (Lipinski definition) is 2. The second-order valence-corrected chi connectivity index (χ2v) is 5.47. The molecule has 0 heterocycles. The van der Waals surface area contributed by atoms with E-state index in [9.17, 15) is 9.59 Å². The summed E-state index contributed by atoms with van der Waals surface area (Å²) in [6.45, 7) is 6.05. The number of carbonyl (C=O) groups excluding carboxylic acids is 2. The van der Waals surface area contributed by atoms with Crippen molar-refractivity contribution in [1.82, 2.24) is 5.32 Å². The smallest absolute Gasteiger partial charge is 0.220 e. The molecule has 0 saturated heterocycles. The molecule has 1 aromatic carbocycles. The van der Waals surface area contributed by atoms with Crippen LogP contribution in [0.1, 0.15) is 44.0 Å². The average Bonchev–Trinajstić information content (AvgIpc) is 2.36. The van der Waals surface area contributed by atoms with Crippen LogP contribution in [-0.4, -0.2) is 17.7 Å². The van der Waals surface area contributed by atoms with E-state index in [2.05, 4.69) is 5.32 Å². The van der Waals surface area contributed by atoms with Crippen LogP contribution < -0.4 is 5.32 Å². The molecule has 0 radical (unpaired) electrons. The predicted molar refractivity (Wildman–Crippen MR) is 77.5 cm³/mol. The molecule has 0 aliphatic heterocycles. The van der Waals surface area contributed by atoms with Gasteiger partial charge in [-0.1, -0.05) is 25.4 Å². The summed E-state index contributed by atoms with van der Waals surface area (Å²) in [6, 6.07) is 6.84. The zero-order valence-electron chi connectivity index (χ0n) is 11.6. The van der Waals surface area contributed by atoms with Gasteiger partial charge in [0.1, 0.15) is 0 Å². The third-order valence-electron chi connectivity index (χ3n) is 3.13. The minimum atomic E-state index is -0.0801. The first-order valence-corrected chi connectivity index (χ1v) is 6.86. The van der Waals surface area contributed by atoms with Crippen LogP contribution in [0, 0.1) is 5.92 Å². The second-order valence-electron chi connectivity index (χ2n) is 5.03. The molecule has 1 amide bonds. The van der Waals surface area contributed by atoms with Gasteiger partial charge < -0.3 is 5.32 Å². The highest BCUT2D eigenvalue weighted by molar-refractivity contribution is 6.30. The molecule has 0 aliphatic rings. The summed E-state index contributed by atoms with van der Waals surface area (Å²) >= 11 is 5.76. The minimum Gasteiger partial charge on any atom is -0.353 e. The maximum atomic E-state index is 11.9. The van der Waals surface area contributed by atoms with Crippen molar-refractivity contribution < 1.29 is 9.59 Å². The summed E-state index contributed by atoms with van der Waals surface area (Å²) in [4.78, 5) is 23.5. The van der Waals surface area contributed by atoms with Gasteiger partial charge in [0, 0.05) is 29.5 Å². The Kier molecular flexibility index (Phi) is 6.03. The predicted octanol–water partition coefficient (Wildman–Crippen LogP) is 3.46. The number of halogens is 1. The minimum absolute atomic E-state index is 0.0379. The number of nitrogens with one attached hydrogen (secondary N) is 1. The summed E-state index contributed by atoms with van der Waals surface area (Å²) in [5, 5.41) is 3.48. The number of Topliss-reactive ketones (excluding diaryl/α,β-unsaturated/α-hetero) is 1. The normalized spacial score (nSPS) is 12.3. The van der Waals surface area contributed by atoms with Crippen molar-refractivity contribution >= 4 is 23.3 Å². The second kappa shape index (κ2) is 7.29. The van der Waals surface area contributed by atoms with Gasteiger partial charge in [0.2, 0.25) is 5.91 Å². The summed E-state index contributed by atoms with van der Waals surface area (Å²) in [5.41, 5.74) is 0.592. The summed E-state index contributed by atoms with van der Waals surface area (Å²) in [6.07, 6.45) is 0.441. The Labute approximate surface area is 119 Å². The van der Waals surface area contributed by atoms with Gasteiger partial charge in [0.05, 0.1) is 0 Å². The van der Waals surface area contributed by atoms with Crippen molar-refractivity contribution in [2.75, 3.05) is 0 Å². The monoisotopic (exact) mass is 281 g/mol. The molecular formula is C15H20ClNO2. The van der Waals surface area contributed by atoms with Crippen molar-refractivity contribution in [2.45, 2.75) is 39.7 Å². The lowest BCUT2D eigenvalue weighted by molar-refractivity contribution is -0.121. The lowest BCUT2D eigenvalue weighted by Gasteiger charge is -2.17. The van der Waals surface area contributed by atoms with Gasteiger partial charge >= 0.3 is 0 Å².